The van der Waals surface area contributed by atoms with Crippen LogP contribution in [0.25, 0.3) is 0 Å². The molecule has 2 rings (SSSR count). The number of methoxy groups -OCH3 is 1. The van der Waals surface area contributed by atoms with Crippen molar-refractivity contribution in [3.05, 3.63) is 29.3 Å². The Morgan fingerprint density at radius 1 is 1.23 bits per heavy atom. The molecule has 1 aromatic rings. The van der Waals surface area contributed by atoms with Gasteiger partial charge in [-0.1, -0.05) is 13.8 Å². The maximum Gasteiger partial charge on any atom is 0.417 e. The second-order valence-corrected chi connectivity index (χ2v) is 8.61. The number of sulfone groups is 1. The Bertz CT molecular complexity index is 764. The minimum atomic E-state index is -3.50. The summed E-state index contributed by atoms with van der Waals surface area (Å²) < 4.78 is 34.4. The molecule has 2 amide bonds. The lowest BCUT2D eigenvalue weighted by Gasteiger charge is -2.23. The van der Waals surface area contributed by atoms with E-state index in [4.69, 9.17) is 9.47 Å². The van der Waals surface area contributed by atoms with Gasteiger partial charge in [-0.2, -0.15) is 0 Å². The Kier molecular flexibility index (Phi) is 7.35. The molecule has 0 saturated carbocycles. The van der Waals surface area contributed by atoms with E-state index in [1.807, 2.05) is 13.8 Å². The number of hydrogen-bond donors (Lipinski definition) is 0. The monoisotopic (exact) mass is 385 g/mol. The molecule has 0 atom stereocenters. The lowest BCUT2D eigenvalue weighted by atomic mass is 10.1. The molecule has 1 aliphatic heterocycles. The summed E-state index contributed by atoms with van der Waals surface area (Å²) in [6.45, 7) is 9.20. The Morgan fingerprint density at radius 2 is 1.85 bits per heavy atom. The highest BCUT2D eigenvalue weighted by Gasteiger charge is 2.35. The lowest BCUT2D eigenvalue weighted by molar-refractivity contribution is 0.0248. The molecule has 1 aromatic carbocycles. The Balaban J connectivity index is 0.00000163. The van der Waals surface area contributed by atoms with Crippen LogP contribution >= 0.6 is 0 Å². The molecule has 1 heterocycles. The predicted octanol–water partition coefficient (Wildman–Crippen LogP) is 3.02. The Labute approximate surface area is 155 Å². The number of ether oxygens (including phenoxy) is 2. The first-order valence-electron chi connectivity index (χ1n) is 8.44. The fourth-order valence-corrected chi connectivity index (χ4v) is 3.48. The van der Waals surface area contributed by atoms with E-state index in [0.717, 1.165) is 4.90 Å². The van der Waals surface area contributed by atoms with Crippen molar-refractivity contribution in [3.8, 4) is 0 Å². The summed E-state index contributed by atoms with van der Waals surface area (Å²) in [4.78, 5) is 25.5. The molecule has 1 aliphatic rings. The van der Waals surface area contributed by atoms with Gasteiger partial charge >= 0.3 is 6.09 Å². The number of nitrogens with zero attached hydrogens (tertiary/aromatic N) is 1. The first kappa shape index (κ1) is 22.1. The van der Waals surface area contributed by atoms with Crippen molar-refractivity contribution >= 4 is 21.8 Å². The fourth-order valence-electron chi connectivity index (χ4n) is 2.27. The summed E-state index contributed by atoms with van der Waals surface area (Å²) in [7, 11) is -2.07. The largest absolute Gasteiger partial charge is 0.443 e. The molecule has 0 fully saturated rings. The van der Waals surface area contributed by atoms with E-state index in [2.05, 4.69) is 0 Å². The minimum Gasteiger partial charge on any atom is -0.443 e. The topological polar surface area (TPSA) is 90.0 Å². The third kappa shape index (κ3) is 5.28. The van der Waals surface area contributed by atoms with Gasteiger partial charge in [-0.05, 0) is 44.5 Å². The van der Waals surface area contributed by atoms with Crippen LogP contribution in [0.3, 0.4) is 0 Å². The third-order valence-electron chi connectivity index (χ3n) is 3.41. The van der Waals surface area contributed by atoms with E-state index in [1.165, 1.54) is 25.3 Å². The highest BCUT2D eigenvalue weighted by atomic mass is 32.2. The third-order valence-corrected chi connectivity index (χ3v) is 5.09. The zero-order chi connectivity index (χ0) is 20.1. The van der Waals surface area contributed by atoms with Crippen LogP contribution in [0.15, 0.2) is 23.1 Å². The number of carbonyl (C=O) groups is 2. The lowest BCUT2D eigenvalue weighted by Crippen LogP contribution is -2.36. The standard InChI is InChI=1S/C16H21NO6S.C2H6/c1-16(2,3)23-15(19)17-10-11-9-12(5-6-13(11)14(17)18)24(20,21)8-7-22-4;1-2/h5-6,9H,7-8,10H2,1-4H3;1-2H3. The summed E-state index contributed by atoms with van der Waals surface area (Å²) >= 11 is 0. The summed E-state index contributed by atoms with van der Waals surface area (Å²) in [5, 5.41) is 0. The molecular formula is C18H27NO6S. The smallest absolute Gasteiger partial charge is 0.417 e. The van der Waals surface area contributed by atoms with Crippen molar-refractivity contribution < 1.29 is 27.5 Å². The number of imide groups is 1. The van der Waals surface area contributed by atoms with Crippen LogP contribution in [0.1, 0.15) is 50.5 Å². The SMILES string of the molecule is CC.COCCS(=O)(=O)c1ccc2c(c1)CN(C(=O)OC(C)(C)C)C2=O. The van der Waals surface area contributed by atoms with Crippen molar-refractivity contribution in [1.29, 1.82) is 0 Å². The Morgan fingerprint density at radius 3 is 2.38 bits per heavy atom. The van der Waals surface area contributed by atoms with Crippen LogP contribution in [0.2, 0.25) is 0 Å². The van der Waals surface area contributed by atoms with E-state index < -0.39 is 27.4 Å². The zero-order valence-electron chi connectivity index (χ0n) is 16.2. The van der Waals surface area contributed by atoms with E-state index in [9.17, 15) is 18.0 Å². The van der Waals surface area contributed by atoms with Gasteiger partial charge in [0.1, 0.15) is 5.60 Å². The van der Waals surface area contributed by atoms with Gasteiger partial charge in [0, 0.05) is 12.7 Å². The first-order chi connectivity index (χ1) is 12.0. The highest BCUT2D eigenvalue weighted by Crippen LogP contribution is 2.27. The van der Waals surface area contributed by atoms with Crippen molar-refractivity contribution in [2.24, 2.45) is 0 Å². The summed E-state index contributed by atoms with van der Waals surface area (Å²) in [5.74, 6) is -0.633. The summed E-state index contributed by atoms with van der Waals surface area (Å²) in [6.07, 6.45) is -0.743. The number of hydrogen-bond acceptors (Lipinski definition) is 6. The van der Waals surface area contributed by atoms with Crippen LogP contribution in [0.4, 0.5) is 4.79 Å². The van der Waals surface area contributed by atoms with Gasteiger partial charge < -0.3 is 9.47 Å². The average Bonchev–Trinajstić information content (AvgIpc) is 2.90. The average molecular weight is 385 g/mol. The molecule has 7 nitrogen and oxygen atoms in total. The maximum atomic E-state index is 12.3. The van der Waals surface area contributed by atoms with Crippen LogP contribution in [0, 0.1) is 0 Å². The number of fused-ring (bicyclic) bond motifs is 1. The van der Waals surface area contributed by atoms with E-state index >= 15 is 0 Å². The highest BCUT2D eigenvalue weighted by molar-refractivity contribution is 7.91. The maximum absolute atomic E-state index is 12.3. The number of benzene rings is 1. The second-order valence-electron chi connectivity index (χ2n) is 6.50. The minimum absolute atomic E-state index is 0.00326. The van der Waals surface area contributed by atoms with Crippen LogP contribution in [-0.2, 0) is 25.9 Å². The molecule has 0 bridgehead atoms. The van der Waals surface area contributed by atoms with Gasteiger partial charge in [0.05, 0.1) is 23.8 Å². The van der Waals surface area contributed by atoms with Crippen molar-refractivity contribution in [2.45, 2.75) is 51.7 Å². The molecule has 146 valence electrons. The van der Waals surface area contributed by atoms with Gasteiger partial charge in [-0.25, -0.2) is 18.1 Å². The molecular weight excluding hydrogens is 358 g/mol. The second kappa shape index (κ2) is 8.64. The molecule has 0 aliphatic carbocycles. The van der Waals surface area contributed by atoms with Crippen molar-refractivity contribution in [2.75, 3.05) is 19.5 Å². The molecule has 0 radical (unpaired) electrons. The van der Waals surface area contributed by atoms with Gasteiger partial charge in [0.15, 0.2) is 9.84 Å². The first-order valence-corrected chi connectivity index (χ1v) is 10.1. The molecule has 0 spiro atoms. The van der Waals surface area contributed by atoms with Gasteiger partial charge in [-0.3, -0.25) is 4.79 Å². The Hall–Kier alpha value is -1.93. The number of rotatable bonds is 4. The fraction of sp³-hybridized carbons (Fsp3) is 0.556. The number of carbonyl (C=O) groups excluding carboxylic acids is 2. The normalized spacial score (nSPS) is 13.8. The summed E-state index contributed by atoms with van der Waals surface area (Å²) in [5.41, 5.74) is 0.0803. The predicted molar refractivity (Wildman–Crippen MR) is 97.8 cm³/mol. The van der Waals surface area contributed by atoms with Gasteiger partial charge in [0.2, 0.25) is 0 Å². The molecule has 0 unspecified atom stereocenters. The number of amides is 2. The zero-order valence-corrected chi connectivity index (χ0v) is 17.0. The molecule has 26 heavy (non-hydrogen) atoms. The van der Waals surface area contributed by atoms with Crippen LogP contribution in [-0.4, -0.2) is 50.4 Å². The molecule has 8 heteroatoms. The molecule has 0 saturated heterocycles. The van der Waals surface area contributed by atoms with Crippen LogP contribution in [0.5, 0.6) is 0 Å². The van der Waals surface area contributed by atoms with Gasteiger partial charge in [-0.15, -0.1) is 0 Å². The molecule has 0 N–H and O–H groups in total. The van der Waals surface area contributed by atoms with Crippen molar-refractivity contribution in [3.63, 3.8) is 0 Å². The summed E-state index contributed by atoms with van der Waals surface area (Å²) in [6, 6.07) is 4.24. The molecule has 0 aromatic heterocycles. The van der Waals surface area contributed by atoms with Gasteiger partial charge in [0.25, 0.3) is 5.91 Å². The van der Waals surface area contributed by atoms with Crippen molar-refractivity contribution in [1.82, 2.24) is 4.90 Å². The van der Waals surface area contributed by atoms with E-state index in [1.54, 1.807) is 20.8 Å². The van der Waals surface area contributed by atoms with E-state index in [0.29, 0.717) is 11.1 Å². The van der Waals surface area contributed by atoms with Crippen LogP contribution < -0.4 is 0 Å². The van der Waals surface area contributed by atoms with E-state index in [-0.39, 0.29) is 23.8 Å². The quantitative estimate of drug-likeness (QED) is 0.791.